The number of halogens is 1. The summed E-state index contributed by atoms with van der Waals surface area (Å²) in [4.78, 5) is 0. The third kappa shape index (κ3) is 2.85. The molecule has 0 aromatic carbocycles. The fraction of sp³-hybridized carbons (Fsp3) is 0.700. The number of rotatable bonds is 3. The highest BCUT2D eigenvalue weighted by atomic mass is 35.5. The van der Waals surface area contributed by atoms with E-state index in [1.54, 1.807) is 10.7 Å². The highest BCUT2D eigenvalue weighted by molar-refractivity contribution is 7.89. The number of nitrogens with one attached hydrogen (secondary N) is 1. The average molecular weight is 295 g/mol. The quantitative estimate of drug-likeness (QED) is 0.880. The van der Waals surface area contributed by atoms with Crippen LogP contribution in [0.25, 0.3) is 0 Å². The third-order valence-corrected chi connectivity index (χ3v) is 4.70. The first-order chi connectivity index (χ1) is 8.03. The molecule has 104 valence electrons. The highest BCUT2D eigenvalue weighted by Gasteiger charge is 2.29. The van der Waals surface area contributed by atoms with Gasteiger partial charge in [0.2, 0.25) is 0 Å². The van der Waals surface area contributed by atoms with Gasteiger partial charge in [0.25, 0.3) is 10.0 Å². The van der Waals surface area contributed by atoms with Crippen LogP contribution >= 0.6 is 12.4 Å². The summed E-state index contributed by atoms with van der Waals surface area (Å²) >= 11 is 0. The lowest BCUT2D eigenvalue weighted by atomic mass is 10.4. The van der Waals surface area contributed by atoms with Crippen molar-refractivity contribution in [3.05, 3.63) is 12.3 Å². The van der Waals surface area contributed by atoms with E-state index in [1.807, 2.05) is 13.8 Å². The van der Waals surface area contributed by atoms with Gasteiger partial charge in [0.05, 0.1) is 6.20 Å². The van der Waals surface area contributed by atoms with Crippen molar-refractivity contribution in [2.24, 2.45) is 0 Å². The van der Waals surface area contributed by atoms with Crippen LogP contribution in [0.2, 0.25) is 0 Å². The number of sulfonamides is 1. The molecule has 1 aromatic heterocycles. The van der Waals surface area contributed by atoms with Crippen LogP contribution < -0.4 is 5.32 Å². The molecule has 0 atom stereocenters. The molecular weight excluding hydrogens is 276 g/mol. The molecular formula is C10H19ClN4O2S. The maximum Gasteiger partial charge on any atom is 0.260 e. The lowest BCUT2D eigenvalue weighted by Crippen LogP contribution is -2.46. The summed E-state index contributed by atoms with van der Waals surface area (Å²) in [5.41, 5.74) is 0. The molecule has 0 bridgehead atoms. The smallest absolute Gasteiger partial charge is 0.260 e. The maximum absolute atomic E-state index is 12.4. The number of piperazine rings is 1. The van der Waals surface area contributed by atoms with E-state index < -0.39 is 10.0 Å². The van der Waals surface area contributed by atoms with Crippen LogP contribution in [0.15, 0.2) is 17.3 Å². The zero-order valence-corrected chi connectivity index (χ0v) is 12.2. The summed E-state index contributed by atoms with van der Waals surface area (Å²) in [6, 6.07) is 1.61. The standard InChI is InChI=1S/C10H18N4O2S.ClH/c1-9(2)14-10(3-4-12-14)17(15,16)13-7-5-11-6-8-13;/h3-4,9,11H,5-8H2,1-2H3;1H. The van der Waals surface area contributed by atoms with E-state index in [0.29, 0.717) is 26.2 Å². The zero-order valence-electron chi connectivity index (χ0n) is 10.5. The van der Waals surface area contributed by atoms with Crippen molar-refractivity contribution in [3.63, 3.8) is 0 Å². The maximum atomic E-state index is 12.4. The molecule has 1 aliphatic heterocycles. The van der Waals surface area contributed by atoms with Gasteiger partial charge < -0.3 is 5.32 Å². The first kappa shape index (κ1) is 15.4. The minimum atomic E-state index is -3.40. The number of nitrogens with zero attached hydrogens (tertiary/aromatic N) is 3. The molecule has 8 heteroatoms. The van der Waals surface area contributed by atoms with Crippen LogP contribution in [-0.4, -0.2) is 48.7 Å². The molecule has 0 saturated carbocycles. The van der Waals surface area contributed by atoms with Gasteiger partial charge in [-0.1, -0.05) is 0 Å². The van der Waals surface area contributed by atoms with Gasteiger partial charge in [0.1, 0.15) is 0 Å². The Kier molecular flexibility index (Phi) is 5.15. The van der Waals surface area contributed by atoms with E-state index in [4.69, 9.17) is 0 Å². The van der Waals surface area contributed by atoms with Gasteiger partial charge in [0.15, 0.2) is 5.03 Å². The van der Waals surface area contributed by atoms with Crippen LogP contribution in [0.3, 0.4) is 0 Å². The van der Waals surface area contributed by atoms with Gasteiger partial charge in [-0.2, -0.15) is 9.40 Å². The van der Waals surface area contributed by atoms with E-state index in [0.717, 1.165) is 0 Å². The molecule has 1 N–H and O–H groups in total. The minimum absolute atomic E-state index is 0. The molecule has 0 radical (unpaired) electrons. The summed E-state index contributed by atoms with van der Waals surface area (Å²) in [6.45, 7) is 6.29. The Morgan fingerprint density at radius 2 is 1.94 bits per heavy atom. The van der Waals surface area contributed by atoms with Crippen molar-refractivity contribution in [1.82, 2.24) is 19.4 Å². The van der Waals surface area contributed by atoms with Crippen LogP contribution in [-0.2, 0) is 10.0 Å². The average Bonchev–Trinajstić information content (AvgIpc) is 2.80. The second-order valence-corrected chi connectivity index (χ2v) is 6.25. The van der Waals surface area contributed by atoms with Crippen LogP contribution in [0, 0.1) is 0 Å². The molecule has 0 spiro atoms. The Balaban J connectivity index is 0.00000162. The predicted molar refractivity (Wildman–Crippen MR) is 71.5 cm³/mol. The largest absolute Gasteiger partial charge is 0.314 e. The van der Waals surface area contributed by atoms with Gasteiger partial charge in [-0.25, -0.2) is 8.42 Å². The van der Waals surface area contributed by atoms with Gasteiger partial charge in [-0.05, 0) is 19.9 Å². The number of aromatic nitrogens is 2. The Hall–Kier alpha value is -0.630. The SMILES string of the molecule is CC(C)n1nccc1S(=O)(=O)N1CCNCC1.Cl. The molecule has 1 aliphatic rings. The molecule has 2 heterocycles. The van der Waals surface area contributed by atoms with Gasteiger partial charge in [-0.15, -0.1) is 12.4 Å². The Morgan fingerprint density at radius 1 is 1.33 bits per heavy atom. The molecule has 1 aromatic rings. The van der Waals surface area contributed by atoms with Gasteiger partial charge in [0, 0.05) is 32.2 Å². The van der Waals surface area contributed by atoms with Crippen molar-refractivity contribution < 1.29 is 8.42 Å². The summed E-state index contributed by atoms with van der Waals surface area (Å²) in [5.74, 6) is 0. The predicted octanol–water partition coefficient (Wildman–Crippen LogP) is 0.480. The lowest BCUT2D eigenvalue weighted by Gasteiger charge is -2.27. The topological polar surface area (TPSA) is 67.2 Å². The molecule has 0 amide bonds. The highest BCUT2D eigenvalue weighted by Crippen LogP contribution is 2.18. The molecule has 6 nitrogen and oxygen atoms in total. The first-order valence-corrected chi connectivity index (χ1v) is 7.22. The molecule has 1 saturated heterocycles. The van der Waals surface area contributed by atoms with E-state index in [-0.39, 0.29) is 23.5 Å². The van der Waals surface area contributed by atoms with Crippen LogP contribution in [0.4, 0.5) is 0 Å². The van der Waals surface area contributed by atoms with Gasteiger partial charge >= 0.3 is 0 Å². The van der Waals surface area contributed by atoms with Crippen molar-refractivity contribution in [3.8, 4) is 0 Å². The Labute approximate surface area is 114 Å². The van der Waals surface area contributed by atoms with E-state index in [1.165, 1.54) is 10.5 Å². The molecule has 0 unspecified atom stereocenters. The summed E-state index contributed by atoms with van der Waals surface area (Å²) < 4.78 is 27.9. The number of hydrogen-bond donors (Lipinski definition) is 1. The molecule has 18 heavy (non-hydrogen) atoms. The fourth-order valence-electron chi connectivity index (χ4n) is 1.91. The second kappa shape index (κ2) is 6.01. The monoisotopic (exact) mass is 294 g/mol. The van der Waals surface area contributed by atoms with Crippen molar-refractivity contribution in [2.75, 3.05) is 26.2 Å². The molecule has 0 aliphatic carbocycles. The lowest BCUT2D eigenvalue weighted by molar-refractivity contribution is 0.353. The normalized spacial score (nSPS) is 17.7. The van der Waals surface area contributed by atoms with Crippen LogP contribution in [0.1, 0.15) is 19.9 Å². The zero-order chi connectivity index (χ0) is 12.5. The minimum Gasteiger partial charge on any atom is -0.314 e. The Bertz CT molecular complexity index is 480. The van der Waals surface area contributed by atoms with Crippen molar-refractivity contribution in [1.29, 1.82) is 0 Å². The second-order valence-electron chi connectivity index (χ2n) is 4.36. The summed E-state index contributed by atoms with van der Waals surface area (Å²) in [6.07, 6.45) is 1.54. The fourth-order valence-corrected chi connectivity index (χ4v) is 3.57. The van der Waals surface area contributed by atoms with Crippen molar-refractivity contribution in [2.45, 2.75) is 24.9 Å². The first-order valence-electron chi connectivity index (χ1n) is 5.78. The summed E-state index contributed by atoms with van der Waals surface area (Å²) in [5, 5.41) is 7.50. The van der Waals surface area contributed by atoms with Crippen LogP contribution in [0.5, 0.6) is 0 Å². The van der Waals surface area contributed by atoms with Crippen molar-refractivity contribution >= 4 is 22.4 Å². The summed E-state index contributed by atoms with van der Waals surface area (Å²) in [7, 11) is -3.40. The van der Waals surface area contributed by atoms with E-state index >= 15 is 0 Å². The van der Waals surface area contributed by atoms with E-state index in [9.17, 15) is 8.42 Å². The number of hydrogen-bond acceptors (Lipinski definition) is 4. The Morgan fingerprint density at radius 3 is 2.50 bits per heavy atom. The van der Waals surface area contributed by atoms with E-state index in [2.05, 4.69) is 10.4 Å². The third-order valence-electron chi connectivity index (χ3n) is 2.80. The molecule has 2 rings (SSSR count). The molecule has 1 fully saturated rings. The van der Waals surface area contributed by atoms with Gasteiger partial charge in [-0.3, -0.25) is 4.68 Å².